The first-order valence-electron chi connectivity index (χ1n) is 9.26. The molecule has 1 aromatic heterocycles. The predicted molar refractivity (Wildman–Crippen MR) is 118 cm³/mol. The van der Waals surface area contributed by atoms with Gasteiger partial charge in [-0.2, -0.15) is 15.0 Å². The average Bonchev–Trinajstić information content (AvgIpc) is 2.70. The number of hydrogen-bond acceptors (Lipinski definition) is 7. The van der Waals surface area contributed by atoms with Crippen molar-refractivity contribution in [1.82, 2.24) is 20.3 Å². The third-order valence-corrected chi connectivity index (χ3v) is 5.08. The Morgan fingerprint density at radius 1 is 1.07 bits per heavy atom. The van der Waals surface area contributed by atoms with Gasteiger partial charge in [-0.1, -0.05) is 48.0 Å². The molecule has 0 saturated carbocycles. The van der Waals surface area contributed by atoms with Crippen molar-refractivity contribution in [2.45, 2.75) is 25.6 Å². The standard InChI is InChI=1S/C21H24N6OS/c1-14-8-10-17(11-9-14)24-21-26-18(25-20(22)27-21)12-29-13-19(28)23-15(2)16-6-4-3-5-7-16/h3-11,15H,12-13H2,1-2H3,(H,23,28)(H3,22,24,25,26,27)/t15-/m0/s1. The maximum atomic E-state index is 12.2. The van der Waals surface area contributed by atoms with Crippen LogP contribution in [0.1, 0.15) is 29.9 Å². The van der Waals surface area contributed by atoms with E-state index in [2.05, 4.69) is 25.6 Å². The lowest BCUT2D eigenvalue weighted by Crippen LogP contribution is -2.28. The van der Waals surface area contributed by atoms with E-state index in [1.165, 1.54) is 17.3 Å². The van der Waals surface area contributed by atoms with Gasteiger partial charge in [-0.3, -0.25) is 4.79 Å². The van der Waals surface area contributed by atoms with Crippen LogP contribution in [0.4, 0.5) is 17.6 Å². The molecule has 8 heteroatoms. The number of thioether (sulfide) groups is 1. The van der Waals surface area contributed by atoms with Crippen molar-refractivity contribution in [2.24, 2.45) is 0 Å². The fourth-order valence-electron chi connectivity index (χ4n) is 2.67. The minimum atomic E-state index is -0.0394. The van der Waals surface area contributed by atoms with Crippen LogP contribution >= 0.6 is 11.8 Å². The van der Waals surface area contributed by atoms with Gasteiger partial charge in [0, 0.05) is 5.69 Å². The maximum Gasteiger partial charge on any atom is 0.232 e. The number of hydrogen-bond donors (Lipinski definition) is 3. The van der Waals surface area contributed by atoms with Crippen molar-refractivity contribution in [3.63, 3.8) is 0 Å². The number of carbonyl (C=O) groups excluding carboxylic acids is 1. The van der Waals surface area contributed by atoms with Crippen LogP contribution in [0, 0.1) is 6.92 Å². The predicted octanol–water partition coefficient (Wildman–Crippen LogP) is 3.62. The zero-order valence-electron chi connectivity index (χ0n) is 16.4. The summed E-state index contributed by atoms with van der Waals surface area (Å²) in [5.74, 6) is 1.80. The fraction of sp³-hybridized carbons (Fsp3) is 0.238. The molecule has 0 bridgehead atoms. The van der Waals surface area contributed by atoms with Crippen LogP contribution in [-0.2, 0) is 10.5 Å². The summed E-state index contributed by atoms with van der Waals surface area (Å²) >= 11 is 1.43. The van der Waals surface area contributed by atoms with Crippen molar-refractivity contribution < 1.29 is 4.79 Å². The van der Waals surface area contributed by atoms with E-state index in [4.69, 9.17) is 5.73 Å². The van der Waals surface area contributed by atoms with Gasteiger partial charge in [-0.15, -0.1) is 11.8 Å². The molecular formula is C21H24N6OS. The van der Waals surface area contributed by atoms with Crippen molar-refractivity contribution in [1.29, 1.82) is 0 Å². The molecule has 150 valence electrons. The number of nitrogen functional groups attached to an aromatic ring is 1. The SMILES string of the molecule is Cc1ccc(Nc2nc(N)nc(CSCC(=O)N[C@@H](C)c3ccccc3)n2)cc1. The summed E-state index contributed by atoms with van der Waals surface area (Å²) in [7, 11) is 0. The molecule has 7 nitrogen and oxygen atoms in total. The summed E-state index contributed by atoms with van der Waals surface area (Å²) in [5, 5.41) is 6.12. The van der Waals surface area contributed by atoms with Crippen LogP contribution in [0.5, 0.6) is 0 Å². The Hall–Kier alpha value is -3.13. The molecule has 3 aromatic rings. The summed E-state index contributed by atoms with van der Waals surface area (Å²) in [6, 6.07) is 17.7. The molecule has 0 fully saturated rings. The highest BCUT2D eigenvalue weighted by molar-refractivity contribution is 7.99. The Bertz CT molecular complexity index is 949. The first kappa shape index (κ1) is 20.6. The van der Waals surface area contributed by atoms with Gasteiger partial charge < -0.3 is 16.4 Å². The van der Waals surface area contributed by atoms with E-state index in [0.717, 1.165) is 11.3 Å². The minimum absolute atomic E-state index is 0.0358. The van der Waals surface area contributed by atoms with Gasteiger partial charge in [0.2, 0.25) is 17.8 Å². The van der Waals surface area contributed by atoms with E-state index in [-0.39, 0.29) is 17.9 Å². The van der Waals surface area contributed by atoms with Crippen LogP contribution in [0.25, 0.3) is 0 Å². The van der Waals surface area contributed by atoms with Crippen LogP contribution in [0.2, 0.25) is 0 Å². The number of anilines is 3. The molecular weight excluding hydrogens is 384 g/mol. The fourth-order valence-corrected chi connectivity index (χ4v) is 3.35. The highest BCUT2D eigenvalue weighted by Crippen LogP contribution is 2.17. The molecule has 3 rings (SSSR count). The Morgan fingerprint density at radius 2 is 1.79 bits per heavy atom. The van der Waals surface area contributed by atoms with E-state index in [1.54, 1.807) is 0 Å². The summed E-state index contributed by atoms with van der Waals surface area (Å²) < 4.78 is 0. The Labute approximate surface area is 174 Å². The maximum absolute atomic E-state index is 12.2. The molecule has 2 aromatic carbocycles. The molecule has 29 heavy (non-hydrogen) atoms. The Morgan fingerprint density at radius 3 is 2.52 bits per heavy atom. The van der Waals surface area contributed by atoms with Gasteiger partial charge in [-0.05, 0) is 31.5 Å². The van der Waals surface area contributed by atoms with Crippen molar-refractivity contribution in [3.8, 4) is 0 Å². The quantitative estimate of drug-likeness (QED) is 0.523. The highest BCUT2D eigenvalue weighted by Gasteiger charge is 2.11. The van der Waals surface area contributed by atoms with Crippen LogP contribution in [0.3, 0.4) is 0 Å². The molecule has 0 unspecified atom stereocenters. The molecule has 1 heterocycles. The Kier molecular flexibility index (Phi) is 7.02. The first-order chi connectivity index (χ1) is 14.0. The number of benzene rings is 2. The number of nitrogens with one attached hydrogen (secondary N) is 2. The molecule has 1 atom stereocenters. The van der Waals surface area contributed by atoms with Crippen LogP contribution in [0.15, 0.2) is 54.6 Å². The molecule has 0 spiro atoms. The highest BCUT2D eigenvalue weighted by atomic mass is 32.2. The zero-order chi connectivity index (χ0) is 20.6. The topological polar surface area (TPSA) is 106 Å². The summed E-state index contributed by atoms with van der Waals surface area (Å²) in [6.07, 6.45) is 0. The number of amides is 1. The lowest BCUT2D eigenvalue weighted by atomic mass is 10.1. The summed E-state index contributed by atoms with van der Waals surface area (Å²) in [5.41, 5.74) is 8.92. The average molecular weight is 409 g/mol. The number of nitrogens with zero attached hydrogens (tertiary/aromatic N) is 3. The molecule has 1 amide bonds. The normalized spacial score (nSPS) is 11.7. The van der Waals surface area contributed by atoms with Crippen molar-refractivity contribution >= 4 is 35.3 Å². The molecule has 0 aliphatic rings. The smallest absolute Gasteiger partial charge is 0.232 e. The minimum Gasteiger partial charge on any atom is -0.368 e. The number of rotatable bonds is 8. The second-order valence-corrected chi connectivity index (χ2v) is 7.60. The van der Waals surface area contributed by atoms with Gasteiger partial charge in [0.05, 0.1) is 17.5 Å². The van der Waals surface area contributed by atoms with Gasteiger partial charge >= 0.3 is 0 Å². The molecule has 0 aliphatic carbocycles. The molecule has 4 N–H and O–H groups in total. The van der Waals surface area contributed by atoms with Crippen molar-refractivity contribution in [2.75, 3.05) is 16.8 Å². The van der Waals surface area contributed by atoms with E-state index >= 15 is 0 Å². The largest absolute Gasteiger partial charge is 0.368 e. The first-order valence-corrected chi connectivity index (χ1v) is 10.4. The van der Waals surface area contributed by atoms with E-state index in [0.29, 0.717) is 23.3 Å². The number of aromatic nitrogens is 3. The molecule has 0 aliphatic heterocycles. The summed E-state index contributed by atoms with van der Waals surface area (Å²) in [4.78, 5) is 24.9. The number of nitrogens with two attached hydrogens (primary N) is 1. The monoisotopic (exact) mass is 408 g/mol. The second-order valence-electron chi connectivity index (χ2n) is 6.62. The molecule has 0 saturated heterocycles. The van der Waals surface area contributed by atoms with Crippen LogP contribution < -0.4 is 16.4 Å². The van der Waals surface area contributed by atoms with Crippen molar-refractivity contribution in [3.05, 3.63) is 71.5 Å². The number of aryl methyl sites for hydroxylation is 1. The third kappa shape index (κ3) is 6.46. The number of carbonyl (C=O) groups is 1. The van der Waals surface area contributed by atoms with E-state index < -0.39 is 0 Å². The molecule has 0 radical (unpaired) electrons. The third-order valence-electron chi connectivity index (χ3n) is 4.15. The van der Waals surface area contributed by atoms with E-state index in [9.17, 15) is 4.79 Å². The second kappa shape index (κ2) is 9.88. The summed E-state index contributed by atoms with van der Waals surface area (Å²) in [6.45, 7) is 3.99. The van der Waals surface area contributed by atoms with Gasteiger partial charge in [0.1, 0.15) is 5.82 Å². The zero-order valence-corrected chi connectivity index (χ0v) is 17.2. The lowest BCUT2D eigenvalue weighted by molar-refractivity contribution is -0.119. The van der Waals surface area contributed by atoms with Gasteiger partial charge in [0.25, 0.3) is 0 Å². The van der Waals surface area contributed by atoms with Gasteiger partial charge in [-0.25, -0.2) is 0 Å². The van der Waals surface area contributed by atoms with Crippen LogP contribution in [-0.4, -0.2) is 26.6 Å². The van der Waals surface area contributed by atoms with Gasteiger partial charge in [0.15, 0.2) is 0 Å². The Balaban J connectivity index is 1.51. The van der Waals surface area contributed by atoms with E-state index in [1.807, 2.05) is 68.4 Å². The lowest BCUT2D eigenvalue weighted by Gasteiger charge is -2.14.